The fraction of sp³-hybridized carbons (Fsp3) is 0.219. The summed E-state index contributed by atoms with van der Waals surface area (Å²) in [6.45, 7) is 3.63. The molecule has 11 heteroatoms. The lowest BCUT2D eigenvalue weighted by Crippen LogP contribution is -2.33. The van der Waals surface area contributed by atoms with Gasteiger partial charge in [-0.2, -0.15) is 0 Å². The van der Waals surface area contributed by atoms with Gasteiger partial charge in [0.25, 0.3) is 0 Å². The molecule has 0 unspecified atom stereocenters. The topological polar surface area (TPSA) is 115 Å². The van der Waals surface area contributed by atoms with E-state index in [1.807, 2.05) is 49.4 Å². The van der Waals surface area contributed by atoms with Crippen LogP contribution in [-0.2, 0) is 25.7 Å². The number of anilines is 2. The lowest BCUT2D eigenvalue weighted by Gasteiger charge is -2.30. The highest BCUT2D eigenvalue weighted by Crippen LogP contribution is 2.53. The quantitative estimate of drug-likeness (QED) is 0.235. The highest BCUT2D eigenvalue weighted by atomic mass is 32.2. The average Bonchev–Trinajstić information content (AvgIpc) is 3.44. The van der Waals surface area contributed by atoms with Crippen LogP contribution in [0.2, 0.25) is 0 Å². The molecular formula is C32H27N3O6S2. The first-order chi connectivity index (χ1) is 20.8. The molecule has 0 radical (unpaired) electrons. The molecule has 1 fully saturated rings. The fourth-order valence-electron chi connectivity index (χ4n) is 5.47. The number of nitrogens with one attached hydrogen (secondary N) is 1. The lowest BCUT2D eigenvalue weighted by molar-refractivity contribution is -0.122. The van der Waals surface area contributed by atoms with Crippen molar-refractivity contribution in [1.82, 2.24) is 4.57 Å². The summed E-state index contributed by atoms with van der Waals surface area (Å²) >= 11 is 2.18. The van der Waals surface area contributed by atoms with Gasteiger partial charge in [0.05, 0.1) is 28.8 Å². The predicted molar refractivity (Wildman–Crippen MR) is 165 cm³/mol. The van der Waals surface area contributed by atoms with Crippen molar-refractivity contribution in [2.45, 2.75) is 36.6 Å². The van der Waals surface area contributed by atoms with Gasteiger partial charge in [0, 0.05) is 16.5 Å². The smallest absolute Gasteiger partial charge is 0.338 e. The van der Waals surface area contributed by atoms with Gasteiger partial charge >= 0.3 is 10.8 Å². The number of rotatable bonds is 7. The van der Waals surface area contributed by atoms with Crippen LogP contribution < -0.4 is 15.1 Å². The molecule has 3 amide bonds. The number of hydrogen-bond donors (Lipinski definition) is 1. The summed E-state index contributed by atoms with van der Waals surface area (Å²) in [5, 5.41) is 2.53. The van der Waals surface area contributed by atoms with Crippen molar-refractivity contribution in [3.05, 3.63) is 110 Å². The molecule has 3 heterocycles. The van der Waals surface area contributed by atoms with Crippen LogP contribution in [0.1, 0.15) is 39.2 Å². The number of thiazole rings is 1. The van der Waals surface area contributed by atoms with Crippen LogP contribution in [0, 0.1) is 12.8 Å². The summed E-state index contributed by atoms with van der Waals surface area (Å²) in [6.07, 6.45) is 0. The summed E-state index contributed by atoms with van der Waals surface area (Å²) in [6, 6.07) is 22.9. The highest BCUT2D eigenvalue weighted by molar-refractivity contribution is 8.00. The number of carbonyl (C=O) groups is 4. The van der Waals surface area contributed by atoms with E-state index in [1.165, 1.54) is 21.2 Å². The fourth-order valence-corrected chi connectivity index (χ4v) is 8.24. The van der Waals surface area contributed by atoms with Gasteiger partial charge in [-0.25, -0.2) is 9.69 Å². The van der Waals surface area contributed by atoms with Crippen molar-refractivity contribution >= 4 is 58.2 Å². The van der Waals surface area contributed by atoms with Gasteiger partial charge in [-0.15, -0.1) is 0 Å². The number of ether oxygens (including phenoxy) is 1. The first-order valence-electron chi connectivity index (χ1n) is 13.7. The Labute approximate surface area is 255 Å². The van der Waals surface area contributed by atoms with Gasteiger partial charge in [0.15, 0.2) is 0 Å². The zero-order valence-electron chi connectivity index (χ0n) is 23.3. The Hall–Kier alpha value is -4.48. The molecule has 3 aromatic carbocycles. The maximum absolute atomic E-state index is 13.9. The summed E-state index contributed by atoms with van der Waals surface area (Å²) < 4.78 is 6.37. The van der Waals surface area contributed by atoms with Crippen molar-refractivity contribution in [3.8, 4) is 0 Å². The normalized spacial score (nSPS) is 19.1. The number of hydrogen-bond acceptors (Lipinski definition) is 8. The maximum Gasteiger partial charge on any atom is 0.338 e. The molecule has 3 atom stereocenters. The van der Waals surface area contributed by atoms with Gasteiger partial charge in [0.2, 0.25) is 17.7 Å². The van der Waals surface area contributed by atoms with Crippen LogP contribution in [0.15, 0.2) is 88.7 Å². The van der Waals surface area contributed by atoms with Gasteiger partial charge < -0.3 is 10.1 Å². The number of imide groups is 1. The van der Waals surface area contributed by atoms with Crippen LogP contribution in [0.5, 0.6) is 0 Å². The number of fused-ring (bicyclic) bond motifs is 2. The maximum atomic E-state index is 13.9. The van der Waals surface area contributed by atoms with E-state index in [0.29, 0.717) is 26.8 Å². The molecule has 6 rings (SSSR count). The minimum atomic E-state index is -0.759. The predicted octanol–water partition coefficient (Wildman–Crippen LogP) is 4.83. The van der Waals surface area contributed by atoms with Crippen molar-refractivity contribution < 1.29 is 23.9 Å². The second-order valence-electron chi connectivity index (χ2n) is 10.3. The Morgan fingerprint density at radius 1 is 0.907 bits per heavy atom. The number of aromatic nitrogens is 1. The molecule has 1 N–H and O–H groups in total. The molecule has 2 aliphatic heterocycles. The van der Waals surface area contributed by atoms with E-state index in [2.05, 4.69) is 5.32 Å². The first kappa shape index (κ1) is 28.6. The summed E-state index contributed by atoms with van der Waals surface area (Å²) in [7, 11) is 0. The van der Waals surface area contributed by atoms with Crippen molar-refractivity contribution in [2.24, 2.45) is 5.92 Å². The summed E-state index contributed by atoms with van der Waals surface area (Å²) in [5.74, 6) is -2.77. The number of esters is 1. The summed E-state index contributed by atoms with van der Waals surface area (Å²) in [4.78, 5) is 67.7. The Bertz CT molecular complexity index is 1780. The standard InChI is InChI=1S/C32H27N3O6S2/c1-3-41-31(39)20-11-13-21(14-12-20)33-23(36)17-34-30-27(43-32(34)40)24(19-7-5-4-6-8-19)25-26(42-30)29(38)35(28(25)37)22-15-9-18(2)10-16-22/h4-16,24-26H,3,17H2,1-2H3,(H,33,36)/t24-,25+,26-/m0/s1. The zero-order chi connectivity index (χ0) is 30.2. The number of aryl methyl sites for hydroxylation is 1. The second kappa shape index (κ2) is 11.7. The molecule has 0 spiro atoms. The van der Waals surface area contributed by atoms with Gasteiger partial charge in [-0.1, -0.05) is 71.1 Å². The van der Waals surface area contributed by atoms with E-state index in [-0.39, 0.29) is 29.8 Å². The average molecular weight is 614 g/mol. The molecule has 1 saturated heterocycles. The summed E-state index contributed by atoms with van der Waals surface area (Å²) in [5.41, 5.74) is 3.16. The molecule has 9 nitrogen and oxygen atoms in total. The van der Waals surface area contributed by atoms with E-state index >= 15 is 0 Å². The monoisotopic (exact) mass is 613 g/mol. The first-order valence-corrected chi connectivity index (χ1v) is 15.4. The van der Waals surface area contributed by atoms with Gasteiger partial charge in [0.1, 0.15) is 11.8 Å². The largest absolute Gasteiger partial charge is 0.462 e. The third-order valence-corrected chi connectivity index (χ3v) is 10.1. The third kappa shape index (κ3) is 5.30. The molecule has 0 aliphatic carbocycles. The zero-order valence-corrected chi connectivity index (χ0v) is 24.9. The van der Waals surface area contributed by atoms with Crippen LogP contribution in [0.3, 0.4) is 0 Å². The molecule has 0 bridgehead atoms. The minimum Gasteiger partial charge on any atom is -0.462 e. The second-order valence-corrected chi connectivity index (χ2v) is 12.4. The Morgan fingerprint density at radius 2 is 1.60 bits per heavy atom. The van der Waals surface area contributed by atoms with Crippen LogP contribution in [0.25, 0.3) is 0 Å². The molecular weight excluding hydrogens is 587 g/mol. The van der Waals surface area contributed by atoms with Crippen molar-refractivity contribution in [1.29, 1.82) is 0 Å². The molecule has 43 heavy (non-hydrogen) atoms. The molecule has 2 aliphatic rings. The van der Waals surface area contributed by atoms with Crippen LogP contribution in [0.4, 0.5) is 11.4 Å². The van der Waals surface area contributed by atoms with Crippen molar-refractivity contribution in [3.63, 3.8) is 0 Å². The third-order valence-electron chi connectivity index (χ3n) is 7.48. The molecule has 4 aromatic rings. The Kier molecular flexibility index (Phi) is 7.76. The van der Waals surface area contributed by atoms with Gasteiger partial charge in [-0.3, -0.25) is 23.7 Å². The highest BCUT2D eigenvalue weighted by Gasteiger charge is 2.56. The van der Waals surface area contributed by atoms with E-state index in [0.717, 1.165) is 22.5 Å². The number of amides is 3. The van der Waals surface area contributed by atoms with Gasteiger partial charge in [-0.05, 0) is 55.8 Å². The SMILES string of the molecule is CCOC(=O)c1ccc(NC(=O)Cn2c3c(sc2=O)[C@@H](c2ccccc2)[C@H]2C(=O)N(c4ccc(C)cc4)C(=O)[C@H]2S3)cc1. The van der Waals surface area contributed by atoms with Crippen LogP contribution in [-0.4, -0.2) is 40.1 Å². The molecule has 0 saturated carbocycles. The Balaban J connectivity index is 1.32. The van der Waals surface area contributed by atoms with E-state index in [9.17, 15) is 24.0 Å². The Morgan fingerprint density at radius 3 is 2.28 bits per heavy atom. The van der Waals surface area contributed by atoms with Crippen molar-refractivity contribution in [2.75, 3.05) is 16.8 Å². The number of benzene rings is 3. The minimum absolute atomic E-state index is 0.255. The number of thioether (sulfide) groups is 1. The molecule has 218 valence electrons. The van der Waals surface area contributed by atoms with E-state index in [4.69, 9.17) is 4.74 Å². The lowest BCUT2D eigenvalue weighted by atomic mass is 9.83. The number of carbonyl (C=O) groups excluding carboxylic acids is 4. The van der Waals surface area contributed by atoms with E-state index in [1.54, 1.807) is 43.3 Å². The molecule has 1 aromatic heterocycles. The number of nitrogens with zero attached hydrogens (tertiary/aromatic N) is 2. The van der Waals surface area contributed by atoms with E-state index < -0.39 is 29.0 Å². The van der Waals surface area contributed by atoms with Crippen LogP contribution >= 0.6 is 23.1 Å².